The zero-order valence-electron chi connectivity index (χ0n) is 7.23. The Morgan fingerprint density at radius 2 is 2.07 bits per heavy atom. The number of hydrogen-bond donors (Lipinski definition) is 0. The van der Waals surface area contributed by atoms with E-state index in [4.69, 9.17) is 23.2 Å². The second-order valence-electron chi connectivity index (χ2n) is 2.23. The van der Waals surface area contributed by atoms with Gasteiger partial charge in [0.25, 0.3) is 0 Å². The van der Waals surface area contributed by atoms with Crippen LogP contribution >= 0.6 is 23.2 Å². The van der Waals surface area contributed by atoms with Crippen molar-refractivity contribution in [2.75, 3.05) is 7.11 Å². The van der Waals surface area contributed by atoms with Crippen LogP contribution in [0.4, 0.5) is 5.69 Å². The summed E-state index contributed by atoms with van der Waals surface area (Å²) in [6.07, 6.45) is 0. The number of carbonyl (C=O) groups is 1. The molecule has 9 heteroatoms. The Labute approximate surface area is 93.1 Å². The highest BCUT2D eigenvalue weighted by Crippen LogP contribution is 2.26. The average Bonchev–Trinajstić information content (AvgIpc) is 2.14. The van der Waals surface area contributed by atoms with E-state index in [2.05, 4.69) is 14.7 Å². The molecule has 0 atom stereocenters. The molecule has 0 aliphatic carbocycles. The van der Waals surface area contributed by atoms with Crippen LogP contribution in [0.2, 0.25) is 10.4 Å². The van der Waals surface area contributed by atoms with E-state index >= 15 is 0 Å². The van der Waals surface area contributed by atoms with E-state index in [-0.39, 0.29) is 5.28 Å². The van der Waals surface area contributed by atoms with E-state index < -0.39 is 27.4 Å². The smallest absolute Gasteiger partial charge is 0.364 e. The van der Waals surface area contributed by atoms with E-state index in [1.165, 1.54) is 0 Å². The van der Waals surface area contributed by atoms with Gasteiger partial charge in [0.2, 0.25) is 16.1 Å². The lowest BCUT2D eigenvalue weighted by molar-refractivity contribution is -0.385. The molecule has 0 aliphatic rings. The molecule has 0 N–H and O–H groups in total. The van der Waals surface area contributed by atoms with Gasteiger partial charge < -0.3 is 4.74 Å². The summed E-state index contributed by atoms with van der Waals surface area (Å²) in [5.74, 6) is -1.01. The molecule has 1 aromatic heterocycles. The molecule has 1 heterocycles. The number of nitrogens with zero attached hydrogens (tertiary/aromatic N) is 3. The molecule has 1 aromatic rings. The maximum absolute atomic E-state index is 11.1. The van der Waals surface area contributed by atoms with Gasteiger partial charge in [-0.25, -0.2) is 9.78 Å². The van der Waals surface area contributed by atoms with Crippen molar-refractivity contribution in [2.45, 2.75) is 0 Å². The Morgan fingerprint density at radius 3 is 2.53 bits per heavy atom. The van der Waals surface area contributed by atoms with Gasteiger partial charge in [-0.15, -0.1) is 0 Å². The number of aromatic nitrogens is 2. The van der Waals surface area contributed by atoms with Crippen LogP contribution in [0, 0.1) is 10.1 Å². The first kappa shape index (κ1) is 11.6. The topological polar surface area (TPSA) is 95.2 Å². The first-order chi connectivity index (χ1) is 6.97. The van der Waals surface area contributed by atoms with E-state index in [1.54, 1.807) is 0 Å². The molecule has 15 heavy (non-hydrogen) atoms. The van der Waals surface area contributed by atoms with Crippen molar-refractivity contribution in [3.8, 4) is 0 Å². The number of methoxy groups -OCH3 is 1. The van der Waals surface area contributed by atoms with Gasteiger partial charge in [0, 0.05) is 0 Å². The number of ether oxygens (including phenoxy) is 1. The Balaban J connectivity index is 3.46. The third kappa shape index (κ3) is 2.31. The van der Waals surface area contributed by atoms with Crippen molar-refractivity contribution < 1.29 is 14.5 Å². The number of rotatable bonds is 2. The SMILES string of the molecule is COC(=O)c1nc(Cl)nc(Cl)c1[N+](=O)[O-]. The molecular weight excluding hydrogens is 249 g/mol. The number of carbonyl (C=O) groups excluding carboxylic acids is 1. The van der Waals surface area contributed by atoms with Crippen LogP contribution in [-0.2, 0) is 4.74 Å². The maximum Gasteiger partial charge on any atom is 0.364 e. The zero-order chi connectivity index (χ0) is 11.6. The van der Waals surface area contributed by atoms with Gasteiger partial charge in [-0.1, -0.05) is 11.6 Å². The molecule has 1 rings (SSSR count). The van der Waals surface area contributed by atoms with Crippen LogP contribution in [-0.4, -0.2) is 28.0 Å². The van der Waals surface area contributed by atoms with E-state index in [0.29, 0.717) is 0 Å². The lowest BCUT2D eigenvalue weighted by Gasteiger charge is -2.01. The van der Waals surface area contributed by atoms with Crippen LogP contribution in [0.5, 0.6) is 0 Å². The molecule has 0 saturated heterocycles. The van der Waals surface area contributed by atoms with Gasteiger partial charge in [-0.2, -0.15) is 4.98 Å². The summed E-state index contributed by atoms with van der Waals surface area (Å²) < 4.78 is 4.29. The van der Waals surface area contributed by atoms with Crippen molar-refractivity contribution in [1.82, 2.24) is 9.97 Å². The molecule has 7 nitrogen and oxygen atoms in total. The van der Waals surface area contributed by atoms with Gasteiger partial charge in [0.1, 0.15) is 0 Å². The summed E-state index contributed by atoms with van der Waals surface area (Å²) in [6.45, 7) is 0. The summed E-state index contributed by atoms with van der Waals surface area (Å²) >= 11 is 10.8. The highest BCUT2D eigenvalue weighted by atomic mass is 35.5. The molecule has 0 radical (unpaired) electrons. The minimum atomic E-state index is -1.01. The van der Waals surface area contributed by atoms with Crippen LogP contribution in [0.3, 0.4) is 0 Å². The second kappa shape index (κ2) is 4.37. The normalized spacial score (nSPS) is 9.80. The Kier molecular flexibility index (Phi) is 3.38. The Morgan fingerprint density at radius 1 is 1.47 bits per heavy atom. The number of nitro groups is 1. The lowest BCUT2D eigenvalue weighted by atomic mass is 10.3. The molecule has 0 spiro atoms. The van der Waals surface area contributed by atoms with E-state index in [0.717, 1.165) is 7.11 Å². The van der Waals surface area contributed by atoms with Crippen LogP contribution in [0.15, 0.2) is 0 Å². The Hall–Kier alpha value is -1.47. The molecule has 0 amide bonds. The first-order valence-electron chi connectivity index (χ1n) is 3.43. The standard InChI is InChI=1S/C6H3Cl2N3O4/c1-15-5(12)2-3(11(13)14)4(7)10-6(8)9-2/h1H3. The zero-order valence-corrected chi connectivity index (χ0v) is 8.74. The summed E-state index contributed by atoms with van der Waals surface area (Å²) in [5, 5.41) is 9.68. The fourth-order valence-corrected chi connectivity index (χ4v) is 1.25. The molecule has 0 bridgehead atoms. The minimum absolute atomic E-state index is 0.369. The fraction of sp³-hybridized carbons (Fsp3) is 0.167. The predicted octanol–water partition coefficient (Wildman–Crippen LogP) is 1.48. The summed E-state index contributed by atoms with van der Waals surface area (Å²) in [5.41, 5.74) is -1.31. The molecule has 0 saturated carbocycles. The van der Waals surface area contributed by atoms with Gasteiger partial charge in [0.15, 0.2) is 0 Å². The van der Waals surface area contributed by atoms with Crippen LogP contribution in [0.25, 0.3) is 0 Å². The highest BCUT2D eigenvalue weighted by Gasteiger charge is 2.28. The van der Waals surface area contributed by atoms with Crippen LogP contribution < -0.4 is 0 Å². The van der Waals surface area contributed by atoms with Crippen molar-refractivity contribution in [3.05, 3.63) is 26.2 Å². The number of hydrogen-bond acceptors (Lipinski definition) is 6. The monoisotopic (exact) mass is 251 g/mol. The number of esters is 1. The van der Waals surface area contributed by atoms with Crippen molar-refractivity contribution in [1.29, 1.82) is 0 Å². The second-order valence-corrected chi connectivity index (χ2v) is 2.93. The van der Waals surface area contributed by atoms with Gasteiger partial charge in [-0.3, -0.25) is 10.1 Å². The predicted molar refractivity (Wildman–Crippen MR) is 50.0 cm³/mol. The Bertz CT molecular complexity index is 437. The molecule has 80 valence electrons. The molecular formula is C6H3Cl2N3O4. The van der Waals surface area contributed by atoms with Crippen molar-refractivity contribution in [2.24, 2.45) is 0 Å². The van der Waals surface area contributed by atoms with Gasteiger partial charge in [0.05, 0.1) is 12.0 Å². The molecule has 0 fully saturated rings. The van der Waals surface area contributed by atoms with E-state index in [1.807, 2.05) is 0 Å². The van der Waals surface area contributed by atoms with Crippen molar-refractivity contribution in [3.63, 3.8) is 0 Å². The van der Waals surface area contributed by atoms with Crippen LogP contribution in [0.1, 0.15) is 10.5 Å². The highest BCUT2D eigenvalue weighted by molar-refractivity contribution is 6.33. The van der Waals surface area contributed by atoms with Crippen molar-refractivity contribution >= 4 is 34.9 Å². The lowest BCUT2D eigenvalue weighted by Crippen LogP contribution is -2.10. The largest absolute Gasteiger partial charge is 0.464 e. The average molecular weight is 252 g/mol. The minimum Gasteiger partial charge on any atom is -0.464 e. The fourth-order valence-electron chi connectivity index (χ4n) is 0.803. The summed E-state index contributed by atoms with van der Waals surface area (Å²) in [7, 11) is 1.05. The molecule has 0 unspecified atom stereocenters. The number of halogens is 2. The quantitative estimate of drug-likeness (QED) is 0.260. The third-order valence-electron chi connectivity index (χ3n) is 1.38. The summed E-state index contributed by atoms with van der Waals surface area (Å²) in [6, 6.07) is 0. The van der Waals surface area contributed by atoms with Gasteiger partial charge in [-0.05, 0) is 11.6 Å². The molecule has 0 aliphatic heterocycles. The maximum atomic E-state index is 11.1. The van der Waals surface area contributed by atoms with E-state index in [9.17, 15) is 14.9 Å². The summed E-state index contributed by atoms with van der Waals surface area (Å²) in [4.78, 5) is 27.5. The first-order valence-corrected chi connectivity index (χ1v) is 4.18. The molecule has 0 aromatic carbocycles. The van der Waals surface area contributed by atoms with Gasteiger partial charge >= 0.3 is 11.7 Å². The third-order valence-corrected chi connectivity index (χ3v) is 1.81.